The van der Waals surface area contributed by atoms with Gasteiger partial charge in [-0.25, -0.2) is 18.1 Å². The van der Waals surface area contributed by atoms with E-state index in [1.165, 1.54) is 11.3 Å². The average Bonchev–Trinajstić information content (AvgIpc) is 3.02. The number of hydrogen-bond donors (Lipinski definition) is 1. The largest absolute Gasteiger partial charge is 0.360 e. The molecule has 2 aromatic heterocycles. The van der Waals surface area contributed by atoms with Gasteiger partial charge in [0.2, 0.25) is 10.0 Å². The third-order valence-corrected chi connectivity index (χ3v) is 6.93. The van der Waals surface area contributed by atoms with Crippen LogP contribution in [0.1, 0.15) is 52.8 Å². The minimum absolute atomic E-state index is 0.126. The van der Waals surface area contributed by atoms with Crippen LogP contribution in [0.25, 0.3) is 0 Å². The molecule has 1 N–H and O–H groups in total. The Balaban J connectivity index is 1.84. The van der Waals surface area contributed by atoms with Gasteiger partial charge >= 0.3 is 0 Å². The van der Waals surface area contributed by atoms with Crippen LogP contribution in [0.5, 0.6) is 0 Å². The minimum Gasteiger partial charge on any atom is -0.360 e. The zero-order chi connectivity index (χ0) is 15.9. The predicted molar refractivity (Wildman–Crippen MR) is 83.5 cm³/mol. The van der Waals surface area contributed by atoms with Gasteiger partial charge in [-0.3, -0.25) is 0 Å². The molecule has 0 unspecified atom stereocenters. The van der Waals surface area contributed by atoms with Crippen molar-refractivity contribution in [3.05, 3.63) is 27.0 Å². The van der Waals surface area contributed by atoms with Gasteiger partial charge in [0.05, 0.1) is 11.7 Å². The summed E-state index contributed by atoms with van der Waals surface area (Å²) in [7, 11) is -3.67. The summed E-state index contributed by atoms with van der Waals surface area (Å²) in [6, 6.07) is -0.366. The van der Waals surface area contributed by atoms with Crippen molar-refractivity contribution in [3.8, 4) is 0 Å². The second-order valence-corrected chi connectivity index (χ2v) is 8.39. The van der Waals surface area contributed by atoms with Crippen molar-refractivity contribution in [1.29, 1.82) is 0 Å². The summed E-state index contributed by atoms with van der Waals surface area (Å²) >= 11 is 1.61. The highest BCUT2D eigenvalue weighted by atomic mass is 32.2. The maximum absolute atomic E-state index is 12.5. The number of rotatable bonds is 4. The summed E-state index contributed by atoms with van der Waals surface area (Å²) in [5, 5.41) is 4.53. The maximum Gasteiger partial charge on any atom is 0.246 e. The van der Waals surface area contributed by atoms with E-state index in [1.54, 1.807) is 25.2 Å². The van der Waals surface area contributed by atoms with Crippen LogP contribution in [0.4, 0.5) is 0 Å². The first-order valence-corrected chi connectivity index (χ1v) is 9.62. The van der Waals surface area contributed by atoms with Crippen LogP contribution in [-0.4, -0.2) is 18.6 Å². The Morgan fingerprint density at radius 3 is 2.64 bits per heavy atom. The van der Waals surface area contributed by atoms with Crippen LogP contribution in [0.2, 0.25) is 0 Å². The molecule has 8 heteroatoms. The Kier molecular flexibility index (Phi) is 4.09. The van der Waals surface area contributed by atoms with Crippen LogP contribution in [0, 0.1) is 13.8 Å². The quantitative estimate of drug-likeness (QED) is 0.924. The number of sulfonamides is 1. The Morgan fingerprint density at radius 1 is 1.27 bits per heavy atom. The molecule has 1 aliphatic rings. The van der Waals surface area contributed by atoms with Crippen molar-refractivity contribution < 1.29 is 12.9 Å². The van der Waals surface area contributed by atoms with Crippen LogP contribution < -0.4 is 4.72 Å². The fourth-order valence-electron chi connectivity index (χ4n) is 2.76. The summed E-state index contributed by atoms with van der Waals surface area (Å²) in [4.78, 5) is 6.04. The van der Waals surface area contributed by atoms with Crippen LogP contribution in [-0.2, 0) is 22.9 Å². The third-order valence-electron chi connectivity index (χ3n) is 3.80. The van der Waals surface area contributed by atoms with Crippen molar-refractivity contribution in [2.24, 2.45) is 0 Å². The highest BCUT2D eigenvalue weighted by Gasteiger charge is 2.28. The van der Waals surface area contributed by atoms with Crippen molar-refractivity contribution in [2.45, 2.75) is 57.4 Å². The second kappa shape index (κ2) is 5.75. The van der Waals surface area contributed by atoms with Gasteiger partial charge in [-0.2, -0.15) is 0 Å². The molecule has 6 nitrogen and oxygen atoms in total. The lowest BCUT2D eigenvalue weighted by atomic mass is 10.0. The van der Waals surface area contributed by atoms with Gasteiger partial charge in [-0.1, -0.05) is 5.16 Å². The van der Waals surface area contributed by atoms with Crippen molar-refractivity contribution in [1.82, 2.24) is 14.9 Å². The SMILES string of the molecule is Cc1noc(C)c1S(=O)(=O)N[C@H](C)c1nc2c(s1)CCCC2. The zero-order valence-electron chi connectivity index (χ0n) is 12.8. The van der Waals surface area contributed by atoms with Gasteiger partial charge in [-0.15, -0.1) is 11.3 Å². The van der Waals surface area contributed by atoms with E-state index in [4.69, 9.17) is 4.52 Å². The van der Waals surface area contributed by atoms with E-state index in [2.05, 4.69) is 14.9 Å². The number of fused-ring (bicyclic) bond motifs is 1. The lowest BCUT2D eigenvalue weighted by Crippen LogP contribution is -2.27. The van der Waals surface area contributed by atoms with Crippen LogP contribution in [0.15, 0.2) is 9.42 Å². The van der Waals surface area contributed by atoms with Gasteiger partial charge < -0.3 is 4.52 Å². The number of aromatic nitrogens is 2. The normalized spacial score (nSPS) is 16.5. The molecule has 0 aliphatic heterocycles. The number of nitrogens with one attached hydrogen (secondary N) is 1. The standard InChI is InChI=1S/C14H19N3O3S2/c1-8-13(10(3)20-16-8)22(18,19)17-9(2)14-15-11-6-4-5-7-12(11)21-14/h9,17H,4-7H2,1-3H3/t9-/m1/s1. The maximum atomic E-state index is 12.5. The molecule has 0 bridgehead atoms. The molecule has 0 spiro atoms. The predicted octanol–water partition coefficient (Wildman–Crippen LogP) is 2.67. The summed E-state index contributed by atoms with van der Waals surface area (Å²) in [6.45, 7) is 5.04. The zero-order valence-corrected chi connectivity index (χ0v) is 14.5. The monoisotopic (exact) mass is 341 g/mol. The molecule has 1 aliphatic carbocycles. The molecule has 3 rings (SSSR count). The highest BCUT2D eigenvalue weighted by molar-refractivity contribution is 7.89. The number of thiazole rings is 1. The first-order chi connectivity index (χ1) is 10.4. The highest BCUT2D eigenvalue weighted by Crippen LogP contribution is 2.30. The molecule has 0 saturated carbocycles. The Morgan fingerprint density at radius 2 is 2.00 bits per heavy atom. The van der Waals surface area contributed by atoms with E-state index >= 15 is 0 Å². The Hall–Kier alpha value is -1.25. The van der Waals surface area contributed by atoms with Gasteiger partial charge in [-0.05, 0) is 46.5 Å². The van der Waals surface area contributed by atoms with Crippen LogP contribution in [0.3, 0.4) is 0 Å². The molecule has 0 fully saturated rings. The van der Waals surface area contributed by atoms with Crippen molar-refractivity contribution in [2.75, 3.05) is 0 Å². The molecule has 2 aromatic rings. The van der Waals surface area contributed by atoms with E-state index in [0.29, 0.717) is 11.5 Å². The molecule has 0 aromatic carbocycles. The fraction of sp³-hybridized carbons (Fsp3) is 0.571. The lowest BCUT2D eigenvalue weighted by molar-refractivity contribution is 0.390. The molecule has 0 saturated heterocycles. The third kappa shape index (κ3) is 2.82. The van der Waals surface area contributed by atoms with Crippen LogP contribution >= 0.6 is 11.3 Å². The molecule has 0 amide bonds. The minimum atomic E-state index is -3.67. The van der Waals surface area contributed by atoms with Crippen molar-refractivity contribution in [3.63, 3.8) is 0 Å². The summed E-state index contributed by atoms with van der Waals surface area (Å²) in [6.07, 6.45) is 4.40. The van der Waals surface area contributed by atoms with Gasteiger partial charge in [0.1, 0.15) is 15.6 Å². The van der Waals surface area contributed by atoms with Crippen molar-refractivity contribution >= 4 is 21.4 Å². The Labute approximate surface area is 134 Å². The topological polar surface area (TPSA) is 85.1 Å². The molecular weight excluding hydrogens is 322 g/mol. The molecule has 120 valence electrons. The molecular formula is C14H19N3O3S2. The average molecular weight is 341 g/mol. The first kappa shape index (κ1) is 15.6. The summed E-state index contributed by atoms with van der Waals surface area (Å²) in [5.74, 6) is 0.302. The fourth-order valence-corrected chi connectivity index (χ4v) is 5.52. The first-order valence-electron chi connectivity index (χ1n) is 7.32. The summed E-state index contributed by atoms with van der Waals surface area (Å²) < 4.78 is 32.7. The van der Waals surface area contributed by atoms with E-state index in [-0.39, 0.29) is 10.9 Å². The Bertz CT molecular complexity index is 749. The lowest BCUT2D eigenvalue weighted by Gasteiger charge is -2.11. The second-order valence-electron chi connectivity index (χ2n) is 5.63. The van der Waals surface area contributed by atoms with E-state index in [0.717, 1.165) is 30.0 Å². The molecule has 22 heavy (non-hydrogen) atoms. The molecule has 2 heterocycles. The number of hydrogen-bond acceptors (Lipinski definition) is 6. The number of aryl methyl sites for hydroxylation is 4. The smallest absolute Gasteiger partial charge is 0.246 e. The molecule has 0 radical (unpaired) electrons. The van der Waals surface area contributed by atoms with E-state index in [9.17, 15) is 8.42 Å². The van der Waals surface area contributed by atoms with Gasteiger partial charge in [0, 0.05) is 4.88 Å². The number of nitrogens with zero attached hydrogens (tertiary/aromatic N) is 2. The summed E-state index contributed by atoms with van der Waals surface area (Å²) in [5.41, 5.74) is 1.50. The van der Waals surface area contributed by atoms with E-state index in [1.807, 2.05) is 6.92 Å². The van der Waals surface area contributed by atoms with E-state index < -0.39 is 10.0 Å². The van der Waals surface area contributed by atoms with Gasteiger partial charge in [0.25, 0.3) is 0 Å². The van der Waals surface area contributed by atoms with Gasteiger partial charge in [0.15, 0.2) is 5.76 Å². The molecule has 1 atom stereocenters.